The Balaban J connectivity index is 2.06. The molecule has 0 radical (unpaired) electrons. The highest BCUT2D eigenvalue weighted by Crippen LogP contribution is 2.21. The Kier molecular flexibility index (Phi) is 6.04. The maximum Gasteiger partial charge on any atom is 0.341 e. The molecule has 0 aromatic heterocycles. The van der Waals surface area contributed by atoms with Gasteiger partial charge in [-0.1, -0.05) is 35.9 Å². The number of benzene rings is 2. The maximum absolute atomic E-state index is 12.5. The molecule has 0 aliphatic rings. The molecule has 2 N–H and O–H groups in total. The summed E-state index contributed by atoms with van der Waals surface area (Å²) in [4.78, 5) is 23.1. The van der Waals surface area contributed by atoms with Crippen LogP contribution >= 0.6 is 11.6 Å². The van der Waals surface area contributed by atoms with Gasteiger partial charge in [0.25, 0.3) is 5.91 Å². The van der Waals surface area contributed by atoms with Crippen molar-refractivity contribution in [2.45, 2.75) is 25.8 Å². The van der Waals surface area contributed by atoms with Crippen molar-refractivity contribution in [2.24, 2.45) is 0 Å². The van der Waals surface area contributed by atoms with Gasteiger partial charge in [-0.2, -0.15) is 0 Å². The van der Waals surface area contributed by atoms with Crippen LogP contribution < -0.4 is 10.1 Å². The number of halogens is 1. The van der Waals surface area contributed by atoms with Gasteiger partial charge in [0.2, 0.25) is 0 Å². The second kappa shape index (κ2) is 8.03. The van der Waals surface area contributed by atoms with Crippen LogP contribution in [0, 0.1) is 0 Å². The monoisotopic (exact) mass is 361 g/mol. The smallest absolute Gasteiger partial charge is 0.341 e. The third kappa shape index (κ3) is 5.80. The molecule has 6 heteroatoms. The lowest BCUT2D eigenvalue weighted by molar-refractivity contribution is -0.139. The standard InChI is InChI=1S/C19H20ClNO4/c1-19(2,11-14-6-3-4-9-16(14)20)21-18(24)13-7-5-8-15(10-13)25-12-17(22)23/h3-10H,11-12H2,1-2H3,(H,21,24)(H,22,23). The third-order valence-corrected chi connectivity index (χ3v) is 3.87. The summed E-state index contributed by atoms with van der Waals surface area (Å²) >= 11 is 6.19. The molecule has 0 saturated carbocycles. The predicted octanol–water partition coefficient (Wildman–Crippen LogP) is 3.55. The van der Waals surface area contributed by atoms with Gasteiger partial charge < -0.3 is 15.2 Å². The van der Waals surface area contributed by atoms with E-state index in [-0.39, 0.29) is 5.91 Å². The molecule has 0 fully saturated rings. The van der Waals surface area contributed by atoms with E-state index in [1.54, 1.807) is 18.2 Å². The molecule has 1 amide bonds. The first kappa shape index (κ1) is 18.8. The zero-order chi connectivity index (χ0) is 18.4. The summed E-state index contributed by atoms with van der Waals surface area (Å²) in [6.45, 7) is 3.38. The number of carboxylic acids is 1. The molecule has 0 aliphatic carbocycles. The molecule has 0 spiro atoms. The minimum absolute atomic E-state index is 0.266. The minimum Gasteiger partial charge on any atom is -0.482 e. The molecule has 2 rings (SSSR count). The van der Waals surface area contributed by atoms with Gasteiger partial charge in [0, 0.05) is 16.1 Å². The van der Waals surface area contributed by atoms with Gasteiger partial charge in [0.05, 0.1) is 0 Å². The number of ether oxygens (including phenoxy) is 1. The number of nitrogens with one attached hydrogen (secondary N) is 1. The van der Waals surface area contributed by atoms with Crippen molar-refractivity contribution in [3.63, 3.8) is 0 Å². The fraction of sp³-hybridized carbons (Fsp3) is 0.263. The number of carbonyl (C=O) groups is 2. The Morgan fingerprint density at radius 3 is 2.56 bits per heavy atom. The largest absolute Gasteiger partial charge is 0.482 e. The molecule has 2 aromatic rings. The third-order valence-electron chi connectivity index (χ3n) is 3.50. The van der Waals surface area contributed by atoms with E-state index in [0.29, 0.717) is 22.8 Å². The van der Waals surface area contributed by atoms with Crippen molar-refractivity contribution in [2.75, 3.05) is 6.61 Å². The first-order valence-corrected chi connectivity index (χ1v) is 8.15. The van der Waals surface area contributed by atoms with E-state index in [1.165, 1.54) is 6.07 Å². The van der Waals surface area contributed by atoms with Gasteiger partial charge in [-0.05, 0) is 50.1 Å². The lowest BCUT2D eigenvalue weighted by Gasteiger charge is -2.27. The summed E-state index contributed by atoms with van der Waals surface area (Å²) in [5.74, 6) is -1.01. The second-order valence-corrected chi connectivity index (χ2v) is 6.72. The number of carboxylic acid groups (broad SMARTS) is 1. The van der Waals surface area contributed by atoms with Gasteiger partial charge in [-0.15, -0.1) is 0 Å². The molecule has 0 unspecified atom stereocenters. The van der Waals surface area contributed by atoms with Crippen LogP contribution in [0.1, 0.15) is 29.8 Å². The van der Waals surface area contributed by atoms with Crippen LogP contribution in [0.15, 0.2) is 48.5 Å². The highest BCUT2D eigenvalue weighted by atomic mass is 35.5. The first-order valence-electron chi connectivity index (χ1n) is 7.77. The van der Waals surface area contributed by atoms with E-state index in [2.05, 4.69) is 5.32 Å². The van der Waals surface area contributed by atoms with E-state index in [9.17, 15) is 9.59 Å². The first-order chi connectivity index (χ1) is 11.8. The lowest BCUT2D eigenvalue weighted by atomic mass is 9.94. The van der Waals surface area contributed by atoms with Crippen LogP contribution in [0.5, 0.6) is 5.75 Å². The van der Waals surface area contributed by atoms with Crippen LogP contribution in [0.3, 0.4) is 0 Å². The summed E-state index contributed by atoms with van der Waals surface area (Å²) in [7, 11) is 0. The number of hydrogen-bond acceptors (Lipinski definition) is 3. The summed E-state index contributed by atoms with van der Waals surface area (Å²) < 4.78 is 5.10. The van der Waals surface area contributed by atoms with E-state index >= 15 is 0 Å². The molecule has 0 aliphatic heterocycles. The molecular formula is C19H20ClNO4. The van der Waals surface area contributed by atoms with Crippen molar-refractivity contribution in [3.8, 4) is 5.75 Å². The maximum atomic E-state index is 12.5. The second-order valence-electron chi connectivity index (χ2n) is 6.32. The predicted molar refractivity (Wildman–Crippen MR) is 96.3 cm³/mol. The van der Waals surface area contributed by atoms with Crippen molar-refractivity contribution < 1.29 is 19.4 Å². The van der Waals surface area contributed by atoms with Gasteiger partial charge in [0.15, 0.2) is 6.61 Å². The topological polar surface area (TPSA) is 75.6 Å². The van der Waals surface area contributed by atoms with Gasteiger partial charge in [0.1, 0.15) is 5.75 Å². The summed E-state index contributed by atoms with van der Waals surface area (Å²) in [6.07, 6.45) is 0.577. The number of rotatable bonds is 7. The van der Waals surface area contributed by atoms with Crippen molar-refractivity contribution in [1.82, 2.24) is 5.32 Å². The average molecular weight is 362 g/mol. The summed E-state index contributed by atoms with van der Waals surface area (Å²) in [6, 6.07) is 13.9. The van der Waals surface area contributed by atoms with Crippen molar-refractivity contribution >= 4 is 23.5 Å². The number of aliphatic carboxylic acids is 1. The molecule has 2 aromatic carbocycles. The van der Waals surface area contributed by atoms with Gasteiger partial charge in [-0.25, -0.2) is 4.79 Å². The fourth-order valence-electron chi connectivity index (χ4n) is 2.41. The molecule has 0 saturated heterocycles. The minimum atomic E-state index is -1.07. The van der Waals surface area contributed by atoms with Crippen LogP contribution in [0.2, 0.25) is 5.02 Å². The fourth-order valence-corrected chi connectivity index (χ4v) is 2.62. The van der Waals surface area contributed by atoms with E-state index < -0.39 is 18.1 Å². The van der Waals surface area contributed by atoms with Crippen LogP contribution in [-0.2, 0) is 11.2 Å². The molecule has 0 bridgehead atoms. The molecular weight excluding hydrogens is 342 g/mol. The Morgan fingerprint density at radius 1 is 1.16 bits per heavy atom. The molecule has 132 valence electrons. The quantitative estimate of drug-likeness (QED) is 0.790. The number of hydrogen-bond donors (Lipinski definition) is 2. The molecule has 5 nitrogen and oxygen atoms in total. The normalized spacial score (nSPS) is 11.0. The summed E-state index contributed by atoms with van der Waals surface area (Å²) in [5, 5.41) is 12.3. The van der Waals surface area contributed by atoms with Crippen LogP contribution in [-0.4, -0.2) is 29.1 Å². The molecule has 25 heavy (non-hydrogen) atoms. The Labute approximate surface area is 151 Å². The average Bonchev–Trinajstić information content (AvgIpc) is 2.55. The molecule has 0 atom stereocenters. The molecule has 0 heterocycles. The highest BCUT2D eigenvalue weighted by Gasteiger charge is 2.23. The van der Waals surface area contributed by atoms with Crippen molar-refractivity contribution in [1.29, 1.82) is 0 Å². The Bertz CT molecular complexity index is 774. The van der Waals surface area contributed by atoms with Crippen LogP contribution in [0.4, 0.5) is 0 Å². The van der Waals surface area contributed by atoms with E-state index in [4.69, 9.17) is 21.4 Å². The zero-order valence-corrected chi connectivity index (χ0v) is 14.8. The number of carbonyl (C=O) groups excluding carboxylic acids is 1. The SMILES string of the molecule is CC(C)(Cc1ccccc1Cl)NC(=O)c1cccc(OCC(=O)O)c1. The van der Waals surface area contributed by atoms with E-state index in [1.807, 2.05) is 38.1 Å². The number of amides is 1. The van der Waals surface area contributed by atoms with Crippen LogP contribution in [0.25, 0.3) is 0 Å². The van der Waals surface area contributed by atoms with Gasteiger partial charge >= 0.3 is 5.97 Å². The summed E-state index contributed by atoms with van der Waals surface area (Å²) in [5.41, 5.74) is 0.836. The highest BCUT2D eigenvalue weighted by molar-refractivity contribution is 6.31. The van der Waals surface area contributed by atoms with Crippen molar-refractivity contribution in [3.05, 3.63) is 64.7 Å². The Morgan fingerprint density at radius 2 is 1.88 bits per heavy atom. The lowest BCUT2D eigenvalue weighted by Crippen LogP contribution is -2.45. The van der Waals surface area contributed by atoms with E-state index in [0.717, 1.165) is 5.56 Å². The Hall–Kier alpha value is -2.53. The van der Waals surface area contributed by atoms with Gasteiger partial charge in [-0.3, -0.25) is 4.79 Å². The zero-order valence-electron chi connectivity index (χ0n) is 14.1.